The Kier molecular flexibility index (Phi) is 6.75. The largest absolute Gasteiger partial charge is 0.346 e. The lowest BCUT2D eigenvalue weighted by molar-refractivity contribution is -0.128. The minimum absolute atomic E-state index is 0.0759. The third kappa shape index (κ3) is 5.84. The van der Waals surface area contributed by atoms with E-state index in [-0.39, 0.29) is 29.8 Å². The van der Waals surface area contributed by atoms with Gasteiger partial charge in [-0.3, -0.25) is 9.59 Å². The second kappa shape index (κ2) is 8.48. The Hall–Kier alpha value is -1.80. The Balaban J connectivity index is 2.18. The van der Waals surface area contributed by atoms with Crippen molar-refractivity contribution in [3.8, 4) is 0 Å². The van der Waals surface area contributed by atoms with Crippen LogP contribution in [0.3, 0.4) is 0 Å². The Morgan fingerprint density at radius 2 is 2.07 bits per heavy atom. The first-order chi connectivity index (χ1) is 12.5. The normalized spacial score (nSPS) is 21.1. The summed E-state index contributed by atoms with van der Waals surface area (Å²) in [5.74, 6) is -0.0621. The third-order valence-electron chi connectivity index (χ3n) is 4.61. The van der Waals surface area contributed by atoms with Gasteiger partial charge in [-0.15, -0.1) is 0 Å². The molecule has 7 nitrogen and oxygen atoms in total. The van der Waals surface area contributed by atoms with E-state index in [1.165, 1.54) is 16.6 Å². The van der Waals surface area contributed by atoms with E-state index in [4.69, 9.17) is 0 Å². The fraction of sp³-hybridized carbons (Fsp3) is 0.632. The predicted molar refractivity (Wildman–Crippen MR) is 102 cm³/mol. The summed E-state index contributed by atoms with van der Waals surface area (Å²) in [6.45, 7) is 7.80. The van der Waals surface area contributed by atoms with Crippen LogP contribution in [0.5, 0.6) is 0 Å². The fourth-order valence-corrected chi connectivity index (χ4v) is 4.69. The Labute approximate surface area is 161 Å². The number of hydrogen-bond acceptors (Lipinski definition) is 5. The molecule has 0 saturated carbocycles. The van der Waals surface area contributed by atoms with Gasteiger partial charge in [0.05, 0.1) is 12.6 Å². The van der Waals surface area contributed by atoms with Gasteiger partial charge >= 0.3 is 0 Å². The molecule has 1 aliphatic heterocycles. The highest BCUT2D eigenvalue weighted by Gasteiger charge is 2.40. The van der Waals surface area contributed by atoms with Gasteiger partial charge in [-0.2, -0.15) is 4.31 Å². The second-order valence-corrected chi connectivity index (χ2v) is 10.2. The lowest BCUT2D eigenvalue weighted by atomic mass is 9.85. The van der Waals surface area contributed by atoms with E-state index in [0.717, 1.165) is 6.42 Å². The number of amides is 1. The first kappa shape index (κ1) is 21.5. The molecule has 0 radical (unpaired) electrons. The topological polar surface area (TPSA) is 96.4 Å². The number of pyridine rings is 1. The van der Waals surface area contributed by atoms with Crippen LogP contribution >= 0.6 is 0 Å². The highest BCUT2D eigenvalue weighted by Crippen LogP contribution is 2.30. The molecule has 2 heterocycles. The Morgan fingerprint density at radius 3 is 2.67 bits per heavy atom. The molecule has 0 aliphatic carbocycles. The summed E-state index contributed by atoms with van der Waals surface area (Å²) in [6.07, 6.45) is 2.91. The smallest absolute Gasteiger partial charge is 0.260 e. The molecule has 1 N–H and O–H groups in total. The van der Waals surface area contributed by atoms with Crippen LogP contribution in [0.15, 0.2) is 29.4 Å². The van der Waals surface area contributed by atoms with Gasteiger partial charge in [-0.25, -0.2) is 13.4 Å². The number of nitrogens with one attached hydrogen (secondary N) is 1. The maximum absolute atomic E-state index is 12.9. The summed E-state index contributed by atoms with van der Waals surface area (Å²) in [7, 11) is -3.87. The number of rotatable bonds is 6. The molecule has 1 atom stereocenters. The van der Waals surface area contributed by atoms with Gasteiger partial charge in [0.2, 0.25) is 5.91 Å². The van der Waals surface area contributed by atoms with Crippen molar-refractivity contribution in [2.45, 2.75) is 58.0 Å². The molecule has 1 aromatic rings. The minimum atomic E-state index is -3.87. The average molecular weight is 396 g/mol. The number of nitrogens with zero attached hydrogens (tertiary/aromatic N) is 2. The van der Waals surface area contributed by atoms with Crippen molar-refractivity contribution in [3.63, 3.8) is 0 Å². The van der Waals surface area contributed by atoms with Crippen LogP contribution < -0.4 is 5.32 Å². The fourth-order valence-electron chi connectivity index (χ4n) is 3.17. The summed E-state index contributed by atoms with van der Waals surface area (Å²) in [5, 5.41) is 2.73. The number of aromatic nitrogens is 1. The van der Waals surface area contributed by atoms with Crippen molar-refractivity contribution in [3.05, 3.63) is 24.4 Å². The van der Waals surface area contributed by atoms with Crippen molar-refractivity contribution in [2.75, 3.05) is 13.1 Å². The van der Waals surface area contributed by atoms with Crippen LogP contribution in [-0.4, -0.2) is 48.5 Å². The molecule has 1 fully saturated rings. The zero-order chi connectivity index (χ0) is 20.2. The van der Waals surface area contributed by atoms with E-state index >= 15 is 0 Å². The number of carbonyl (C=O) groups is 2. The van der Waals surface area contributed by atoms with Crippen molar-refractivity contribution in [1.29, 1.82) is 0 Å². The first-order valence-corrected chi connectivity index (χ1v) is 10.7. The molecule has 1 amide bonds. The Bertz CT molecular complexity index is 775. The van der Waals surface area contributed by atoms with E-state index < -0.39 is 21.5 Å². The maximum atomic E-state index is 12.9. The van der Waals surface area contributed by atoms with Crippen LogP contribution in [0, 0.1) is 11.3 Å². The maximum Gasteiger partial charge on any atom is 0.260 e. The van der Waals surface area contributed by atoms with Crippen LogP contribution in [0.1, 0.15) is 47.0 Å². The molecule has 0 bridgehead atoms. The van der Waals surface area contributed by atoms with E-state index in [9.17, 15) is 18.0 Å². The Morgan fingerprint density at radius 1 is 1.37 bits per heavy atom. The van der Waals surface area contributed by atoms with Crippen LogP contribution in [-0.2, 0) is 19.6 Å². The highest BCUT2D eigenvalue weighted by atomic mass is 32.2. The molecule has 1 aromatic heterocycles. The molecule has 1 aliphatic rings. The van der Waals surface area contributed by atoms with E-state index in [1.54, 1.807) is 12.1 Å². The van der Waals surface area contributed by atoms with E-state index in [0.29, 0.717) is 18.8 Å². The zero-order valence-electron chi connectivity index (χ0n) is 16.4. The minimum Gasteiger partial charge on any atom is -0.346 e. The van der Waals surface area contributed by atoms with Crippen LogP contribution in [0.2, 0.25) is 0 Å². The van der Waals surface area contributed by atoms with E-state index in [1.807, 2.05) is 27.7 Å². The first-order valence-electron chi connectivity index (χ1n) is 9.24. The lowest BCUT2D eigenvalue weighted by Gasteiger charge is -2.29. The standard InChI is InChI=1S/C19H29N3O4S/c1-14(2)8-9-17(24)21-15-11-19(3,4)13-22(12-16(15)23)27(25,26)18-7-5-6-10-20-18/h5-7,10,14-15H,8-9,11-13H2,1-4H3,(H,21,24)/t15-/m0/s1. The average Bonchev–Trinajstić information content (AvgIpc) is 2.70. The highest BCUT2D eigenvalue weighted by molar-refractivity contribution is 7.89. The molecule has 0 aromatic carbocycles. The summed E-state index contributed by atoms with van der Waals surface area (Å²) in [4.78, 5) is 28.8. The van der Waals surface area contributed by atoms with Crippen molar-refractivity contribution >= 4 is 21.7 Å². The molecule has 150 valence electrons. The summed E-state index contributed by atoms with van der Waals surface area (Å²) in [6, 6.07) is 3.98. The molecule has 2 rings (SSSR count). The number of carbonyl (C=O) groups excluding carboxylic acids is 2. The lowest BCUT2D eigenvalue weighted by Crippen LogP contribution is -2.44. The van der Waals surface area contributed by atoms with Gasteiger partial charge in [0, 0.05) is 19.2 Å². The van der Waals surface area contributed by atoms with Gasteiger partial charge in [-0.1, -0.05) is 33.8 Å². The van der Waals surface area contributed by atoms with Gasteiger partial charge < -0.3 is 5.32 Å². The van der Waals surface area contributed by atoms with Crippen molar-refractivity contribution in [1.82, 2.24) is 14.6 Å². The zero-order valence-corrected chi connectivity index (χ0v) is 17.3. The molecule has 8 heteroatoms. The van der Waals surface area contributed by atoms with Gasteiger partial charge in [-0.05, 0) is 36.3 Å². The van der Waals surface area contributed by atoms with Gasteiger partial charge in [0.15, 0.2) is 10.8 Å². The second-order valence-electron chi connectivity index (χ2n) is 8.33. The predicted octanol–water partition coefficient (Wildman–Crippen LogP) is 1.99. The third-order valence-corrected chi connectivity index (χ3v) is 6.32. The molecule has 27 heavy (non-hydrogen) atoms. The van der Waals surface area contributed by atoms with E-state index in [2.05, 4.69) is 10.3 Å². The summed E-state index contributed by atoms with van der Waals surface area (Å²) < 4.78 is 27.0. The molecule has 0 spiro atoms. The molecule has 1 saturated heterocycles. The molecular formula is C19H29N3O4S. The van der Waals surface area contributed by atoms with Crippen LogP contribution in [0.4, 0.5) is 0 Å². The molecule has 0 unspecified atom stereocenters. The van der Waals surface area contributed by atoms with Gasteiger partial charge in [0.25, 0.3) is 10.0 Å². The number of sulfonamides is 1. The number of ketones is 1. The van der Waals surface area contributed by atoms with Crippen molar-refractivity contribution in [2.24, 2.45) is 11.3 Å². The monoisotopic (exact) mass is 395 g/mol. The van der Waals surface area contributed by atoms with Crippen molar-refractivity contribution < 1.29 is 18.0 Å². The van der Waals surface area contributed by atoms with Crippen LogP contribution in [0.25, 0.3) is 0 Å². The molecular weight excluding hydrogens is 366 g/mol. The SMILES string of the molecule is CC(C)CCC(=O)N[C@H]1CC(C)(C)CN(S(=O)(=O)c2ccccn2)CC1=O. The van der Waals surface area contributed by atoms with Gasteiger partial charge in [0.1, 0.15) is 0 Å². The number of hydrogen-bond donors (Lipinski definition) is 1. The summed E-state index contributed by atoms with van der Waals surface area (Å²) in [5.41, 5.74) is -0.468. The quantitative estimate of drug-likeness (QED) is 0.795. The number of Topliss-reactive ketones (excluding diaryl/α,β-unsaturated/α-hetero) is 1. The summed E-state index contributed by atoms with van der Waals surface area (Å²) >= 11 is 0.